The van der Waals surface area contributed by atoms with Crippen molar-refractivity contribution in [3.8, 4) is 0 Å². The third-order valence-corrected chi connectivity index (χ3v) is 5.75. The molecule has 0 unspecified atom stereocenters. The molecule has 0 aliphatic carbocycles. The molecule has 0 aromatic heterocycles. The molecule has 0 aliphatic heterocycles. The maximum Gasteiger partial charge on any atom is 0.416 e. The summed E-state index contributed by atoms with van der Waals surface area (Å²) in [5.41, 5.74) is 5.32. The molecule has 2 amide bonds. The van der Waals surface area contributed by atoms with Gasteiger partial charge >= 0.3 is 6.18 Å². The van der Waals surface area contributed by atoms with Crippen LogP contribution in [0.25, 0.3) is 32.3 Å². The van der Waals surface area contributed by atoms with E-state index in [0.717, 1.165) is 44.5 Å². The standard InChI is InChI=1S/C27H17F3N2O2/c28-27(29,30)23-3-1-2-18(13-23)26(34)32-24-7-6-16-9-20-8-15-4-5-17(25(31)33)10-19(15)11-21(20)12-22(16)14-24/h1-14H,(H2,31,33)(H,32,34). The van der Waals surface area contributed by atoms with Crippen LogP contribution >= 0.6 is 0 Å². The van der Waals surface area contributed by atoms with Crippen LogP contribution in [-0.4, -0.2) is 11.8 Å². The molecule has 0 atom stereocenters. The average molecular weight is 458 g/mol. The van der Waals surface area contributed by atoms with Gasteiger partial charge in [-0.3, -0.25) is 9.59 Å². The number of primary amides is 1. The number of rotatable bonds is 3. The number of carbonyl (C=O) groups is 2. The van der Waals surface area contributed by atoms with Crippen LogP contribution < -0.4 is 11.1 Å². The molecule has 0 heterocycles. The van der Waals surface area contributed by atoms with Crippen LogP contribution in [-0.2, 0) is 6.18 Å². The van der Waals surface area contributed by atoms with Crippen molar-refractivity contribution in [2.24, 2.45) is 5.73 Å². The zero-order chi connectivity index (χ0) is 24.0. The summed E-state index contributed by atoms with van der Waals surface area (Å²) in [4.78, 5) is 24.1. The summed E-state index contributed by atoms with van der Waals surface area (Å²) < 4.78 is 38.9. The van der Waals surface area contributed by atoms with E-state index in [4.69, 9.17) is 5.73 Å². The third kappa shape index (κ3) is 4.03. The van der Waals surface area contributed by atoms with Crippen molar-refractivity contribution in [2.45, 2.75) is 6.18 Å². The van der Waals surface area contributed by atoms with E-state index in [9.17, 15) is 22.8 Å². The minimum atomic E-state index is -4.53. The highest BCUT2D eigenvalue weighted by Gasteiger charge is 2.30. The first-order valence-electron chi connectivity index (χ1n) is 10.4. The van der Waals surface area contributed by atoms with Crippen LogP contribution in [0.3, 0.4) is 0 Å². The van der Waals surface area contributed by atoms with Gasteiger partial charge in [-0.2, -0.15) is 13.2 Å². The summed E-state index contributed by atoms with van der Waals surface area (Å²) in [5, 5.41) is 8.24. The van der Waals surface area contributed by atoms with Crippen molar-refractivity contribution in [2.75, 3.05) is 5.32 Å². The molecule has 0 bridgehead atoms. The number of benzene rings is 5. The molecule has 0 saturated heterocycles. The Morgan fingerprint density at radius 2 is 1.24 bits per heavy atom. The van der Waals surface area contributed by atoms with Gasteiger partial charge in [-0.15, -0.1) is 0 Å². The lowest BCUT2D eigenvalue weighted by atomic mass is 9.98. The number of fused-ring (bicyclic) bond motifs is 3. The Bertz CT molecular complexity index is 1620. The predicted molar refractivity (Wildman–Crippen MR) is 127 cm³/mol. The summed E-state index contributed by atoms with van der Waals surface area (Å²) in [6.07, 6.45) is -4.53. The van der Waals surface area contributed by atoms with Gasteiger partial charge in [-0.05, 0) is 99.0 Å². The Kier molecular flexibility index (Phi) is 4.97. The number of carbonyl (C=O) groups excluding carboxylic acids is 2. The molecule has 0 radical (unpaired) electrons. The van der Waals surface area contributed by atoms with Gasteiger partial charge in [0.15, 0.2) is 0 Å². The Labute approximate surface area is 191 Å². The summed E-state index contributed by atoms with van der Waals surface area (Å²) in [5.74, 6) is -1.13. The molecule has 5 rings (SSSR count). The first kappa shape index (κ1) is 21.5. The molecule has 0 fully saturated rings. The lowest BCUT2D eigenvalue weighted by Gasteiger charge is -2.11. The second-order valence-corrected chi connectivity index (χ2v) is 8.07. The van der Waals surface area contributed by atoms with Gasteiger partial charge in [0.1, 0.15) is 0 Å². The molecule has 4 nitrogen and oxygen atoms in total. The Balaban J connectivity index is 1.50. The predicted octanol–water partition coefficient (Wildman–Crippen LogP) is 6.52. The van der Waals surface area contributed by atoms with Crippen LogP contribution in [0, 0.1) is 0 Å². The maximum atomic E-state index is 13.0. The molecule has 0 saturated carbocycles. The normalized spacial score (nSPS) is 11.7. The first-order chi connectivity index (χ1) is 16.2. The SMILES string of the molecule is NC(=O)c1ccc2cc3cc4ccc(NC(=O)c5cccc(C(F)(F)F)c5)cc4cc3cc2c1. The van der Waals surface area contributed by atoms with Gasteiger partial charge < -0.3 is 11.1 Å². The minimum absolute atomic E-state index is 0.0786. The van der Waals surface area contributed by atoms with Crippen LogP contribution in [0.1, 0.15) is 26.3 Å². The molecule has 3 N–H and O–H groups in total. The molecule has 5 aromatic carbocycles. The third-order valence-electron chi connectivity index (χ3n) is 5.75. The number of nitrogens with one attached hydrogen (secondary N) is 1. The van der Waals surface area contributed by atoms with Crippen LogP contribution in [0.5, 0.6) is 0 Å². The van der Waals surface area contributed by atoms with Crippen molar-refractivity contribution in [3.05, 3.63) is 102 Å². The fourth-order valence-electron chi connectivity index (χ4n) is 4.02. The molecule has 0 aliphatic rings. The lowest BCUT2D eigenvalue weighted by molar-refractivity contribution is -0.137. The van der Waals surface area contributed by atoms with Gasteiger partial charge in [0.05, 0.1) is 5.56 Å². The molecular weight excluding hydrogens is 441 g/mol. The number of amides is 2. The first-order valence-corrected chi connectivity index (χ1v) is 10.4. The number of halogens is 3. The van der Waals surface area contributed by atoms with E-state index < -0.39 is 23.6 Å². The topological polar surface area (TPSA) is 72.2 Å². The van der Waals surface area contributed by atoms with E-state index in [-0.39, 0.29) is 5.56 Å². The zero-order valence-electron chi connectivity index (χ0n) is 17.6. The van der Waals surface area contributed by atoms with Crippen molar-refractivity contribution in [3.63, 3.8) is 0 Å². The lowest BCUT2D eigenvalue weighted by Crippen LogP contribution is -2.13. The number of hydrogen-bond donors (Lipinski definition) is 2. The smallest absolute Gasteiger partial charge is 0.366 e. The summed E-state index contributed by atoms with van der Waals surface area (Å²) in [7, 11) is 0. The van der Waals surface area contributed by atoms with Gasteiger partial charge in [0.2, 0.25) is 5.91 Å². The maximum absolute atomic E-state index is 13.0. The number of anilines is 1. The number of nitrogens with two attached hydrogens (primary N) is 1. The van der Waals surface area contributed by atoms with Gasteiger partial charge in [-0.1, -0.05) is 18.2 Å². The molecule has 7 heteroatoms. The van der Waals surface area contributed by atoms with Crippen LogP contribution in [0.4, 0.5) is 18.9 Å². The highest BCUT2D eigenvalue weighted by Crippen LogP contribution is 2.31. The molecule has 0 spiro atoms. The highest BCUT2D eigenvalue weighted by atomic mass is 19.4. The van der Waals surface area contributed by atoms with E-state index in [1.165, 1.54) is 12.1 Å². The van der Waals surface area contributed by atoms with Crippen molar-refractivity contribution < 1.29 is 22.8 Å². The van der Waals surface area contributed by atoms with Gasteiger partial charge in [-0.25, -0.2) is 0 Å². The Hall–Kier alpha value is -4.39. The van der Waals surface area contributed by atoms with E-state index in [2.05, 4.69) is 5.32 Å². The number of hydrogen-bond acceptors (Lipinski definition) is 2. The minimum Gasteiger partial charge on any atom is -0.366 e. The second kappa shape index (κ2) is 7.88. The quantitative estimate of drug-likeness (QED) is 0.302. The van der Waals surface area contributed by atoms with E-state index in [0.29, 0.717) is 11.3 Å². The monoisotopic (exact) mass is 458 g/mol. The fourth-order valence-corrected chi connectivity index (χ4v) is 4.02. The Morgan fingerprint density at radius 1 is 0.647 bits per heavy atom. The zero-order valence-corrected chi connectivity index (χ0v) is 17.6. The van der Waals surface area contributed by atoms with Crippen molar-refractivity contribution in [1.29, 1.82) is 0 Å². The molecular formula is C27H17F3N2O2. The van der Waals surface area contributed by atoms with Crippen molar-refractivity contribution in [1.82, 2.24) is 0 Å². The molecule has 168 valence electrons. The summed E-state index contributed by atoms with van der Waals surface area (Å²) >= 11 is 0. The second-order valence-electron chi connectivity index (χ2n) is 8.07. The average Bonchev–Trinajstić information content (AvgIpc) is 2.80. The number of alkyl halides is 3. The Morgan fingerprint density at radius 3 is 1.88 bits per heavy atom. The van der Waals surface area contributed by atoms with Gasteiger partial charge in [0.25, 0.3) is 5.91 Å². The largest absolute Gasteiger partial charge is 0.416 e. The highest BCUT2D eigenvalue weighted by molar-refractivity contribution is 6.08. The van der Waals surface area contributed by atoms with Crippen molar-refractivity contribution >= 4 is 49.8 Å². The summed E-state index contributed by atoms with van der Waals surface area (Å²) in [6.45, 7) is 0. The van der Waals surface area contributed by atoms with E-state index in [1.807, 2.05) is 36.4 Å². The fraction of sp³-hybridized carbons (Fsp3) is 0.0370. The van der Waals surface area contributed by atoms with Crippen LogP contribution in [0.2, 0.25) is 0 Å². The molecule has 34 heavy (non-hydrogen) atoms. The van der Waals surface area contributed by atoms with E-state index >= 15 is 0 Å². The molecule has 5 aromatic rings. The van der Waals surface area contributed by atoms with Crippen LogP contribution in [0.15, 0.2) is 84.9 Å². The van der Waals surface area contributed by atoms with E-state index in [1.54, 1.807) is 24.3 Å². The summed E-state index contributed by atoms with van der Waals surface area (Å²) in [6, 6.07) is 22.9. The van der Waals surface area contributed by atoms with Gasteiger partial charge in [0, 0.05) is 16.8 Å².